The molecule has 2 unspecified atom stereocenters. The third-order valence-corrected chi connectivity index (χ3v) is 6.26. The SMILES string of the molecule is CCc1cc(N)nc(C23CC4CC(C)(CC(C)(C4)C2)C3)n1. The third-order valence-electron chi connectivity index (χ3n) is 6.26. The van der Waals surface area contributed by atoms with Crippen molar-refractivity contribution in [3.63, 3.8) is 0 Å². The maximum absolute atomic E-state index is 6.07. The third kappa shape index (κ3) is 2.00. The first-order valence-electron chi connectivity index (χ1n) is 8.48. The van der Waals surface area contributed by atoms with Gasteiger partial charge in [0.05, 0.1) is 0 Å². The number of hydrogen-bond acceptors (Lipinski definition) is 3. The van der Waals surface area contributed by atoms with E-state index in [0.29, 0.717) is 16.6 Å². The number of aromatic nitrogens is 2. The first-order valence-corrected chi connectivity index (χ1v) is 8.48. The first kappa shape index (κ1) is 13.5. The van der Waals surface area contributed by atoms with Crippen LogP contribution in [0.15, 0.2) is 6.07 Å². The van der Waals surface area contributed by atoms with Crippen molar-refractivity contribution in [1.82, 2.24) is 9.97 Å². The first-order chi connectivity index (χ1) is 9.84. The predicted octanol–water partition coefficient (Wildman–Crippen LogP) is 3.87. The highest BCUT2D eigenvalue weighted by atomic mass is 15.0. The number of nitrogens with zero attached hydrogens (tertiary/aromatic N) is 2. The quantitative estimate of drug-likeness (QED) is 0.897. The summed E-state index contributed by atoms with van der Waals surface area (Å²) in [7, 11) is 0. The van der Waals surface area contributed by atoms with E-state index in [1.807, 2.05) is 6.07 Å². The Morgan fingerprint density at radius 2 is 1.76 bits per heavy atom. The summed E-state index contributed by atoms with van der Waals surface area (Å²) in [5.41, 5.74) is 8.35. The van der Waals surface area contributed by atoms with Crippen LogP contribution in [0.4, 0.5) is 5.82 Å². The van der Waals surface area contributed by atoms with Crippen molar-refractivity contribution in [3.8, 4) is 0 Å². The number of anilines is 1. The molecule has 1 heterocycles. The summed E-state index contributed by atoms with van der Waals surface area (Å²) in [6, 6.07) is 1.94. The molecule has 0 amide bonds. The molecule has 3 heteroatoms. The summed E-state index contributed by atoms with van der Waals surface area (Å²) in [6.07, 6.45) is 8.96. The molecule has 2 atom stereocenters. The van der Waals surface area contributed by atoms with Crippen LogP contribution in [0.1, 0.15) is 70.8 Å². The smallest absolute Gasteiger partial charge is 0.137 e. The van der Waals surface area contributed by atoms with Crippen LogP contribution in [0.2, 0.25) is 0 Å². The van der Waals surface area contributed by atoms with Gasteiger partial charge in [0.25, 0.3) is 0 Å². The van der Waals surface area contributed by atoms with Crippen molar-refractivity contribution in [2.45, 2.75) is 71.1 Å². The minimum Gasteiger partial charge on any atom is -0.384 e. The summed E-state index contributed by atoms with van der Waals surface area (Å²) in [6.45, 7) is 7.14. The molecule has 0 aromatic carbocycles. The Morgan fingerprint density at radius 3 is 2.33 bits per heavy atom. The van der Waals surface area contributed by atoms with Crippen molar-refractivity contribution in [3.05, 3.63) is 17.6 Å². The number of nitrogens with two attached hydrogens (primary N) is 1. The maximum Gasteiger partial charge on any atom is 0.137 e. The summed E-state index contributed by atoms with van der Waals surface area (Å²) in [5, 5.41) is 0. The van der Waals surface area contributed by atoms with Crippen LogP contribution in [-0.4, -0.2) is 9.97 Å². The topological polar surface area (TPSA) is 51.8 Å². The molecule has 1 aromatic heterocycles. The van der Waals surface area contributed by atoms with Crippen LogP contribution in [0, 0.1) is 16.7 Å². The largest absolute Gasteiger partial charge is 0.384 e. The molecule has 0 radical (unpaired) electrons. The Labute approximate surface area is 127 Å². The van der Waals surface area contributed by atoms with Crippen LogP contribution in [-0.2, 0) is 11.8 Å². The van der Waals surface area contributed by atoms with Crippen molar-refractivity contribution >= 4 is 5.82 Å². The molecular formula is C18H27N3. The lowest BCUT2D eigenvalue weighted by atomic mass is 9.40. The summed E-state index contributed by atoms with van der Waals surface area (Å²) >= 11 is 0. The Bertz CT molecular complexity index is 576. The fourth-order valence-corrected chi connectivity index (χ4v) is 6.63. The Hall–Kier alpha value is -1.12. The summed E-state index contributed by atoms with van der Waals surface area (Å²) in [5.74, 6) is 2.58. The highest BCUT2D eigenvalue weighted by Gasteiger charge is 2.61. The molecule has 114 valence electrons. The predicted molar refractivity (Wildman–Crippen MR) is 84.9 cm³/mol. The molecule has 4 aliphatic rings. The molecular weight excluding hydrogens is 258 g/mol. The second kappa shape index (κ2) is 3.99. The van der Waals surface area contributed by atoms with Crippen LogP contribution < -0.4 is 5.73 Å². The van der Waals surface area contributed by atoms with Gasteiger partial charge in [0.15, 0.2) is 0 Å². The number of hydrogen-bond donors (Lipinski definition) is 1. The second-order valence-electron chi connectivity index (χ2n) is 8.87. The van der Waals surface area contributed by atoms with Gasteiger partial charge in [-0.3, -0.25) is 0 Å². The fraction of sp³-hybridized carbons (Fsp3) is 0.778. The molecule has 4 saturated carbocycles. The molecule has 5 rings (SSSR count). The van der Waals surface area contributed by atoms with Gasteiger partial charge in [-0.25, -0.2) is 9.97 Å². The zero-order valence-electron chi connectivity index (χ0n) is 13.6. The molecule has 0 aliphatic heterocycles. The molecule has 0 spiro atoms. The number of aryl methyl sites for hydroxylation is 1. The van der Waals surface area contributed by atoms with E-state index in [0.717, 1.165) is 23.9 Å². The summed E-state index contributed by atoms with van der Waals surface area (Å²) < 4.78 is 0. The standard InChI is InChI=1S/C18H27N3/c1-4-13-5-14(19)21-15(20-13)18-8-12-6-16(2,10-18)9-17(3,7-12)11-18/h5,12H,4,6-11H2,1-3H3,(H2,19,20,21). The monoisotopic (exact) mass is 285 g/mol. The van der Waals surface area contributed by atoms with Gasteiger partial charge in [0, 0.05) is 17.2 Å². The van der Waals surface area contributed by atoms with E-state index in [1.54, 1.807) is 0 Å². The highest BCUT2D eigenvalue weighted by Crippen LogP contribution is 2.69. The van der Waals surface area contributed by atoms with Crippen LogP contribution in [0.3, 0.4) is 0 Å². The van der Waals surface area contributed by atoms with Crippen molar-refractivity contribution in [2.75, 3.05) is 5.73 Å². The lowest BCUT2D eigenvalue weighted by molar-refractivity contribution is -0.112. The van der Waals surface area contributed by atoms with Gasteiger partial charge < -0.3 is 5.73 Å². The second-order valence-corrected chi connectivity index (χ2v) is 8.87. The van der Waals surface area contributed by atoms with E-state index < -0.39 is 0 Å². The summed E-state index contributed by atoms with van der Waals surface area (Å²) in [4.78, 5) is 9.61. The number of nitrogen functional groups attached to an aromatic ring is 1. The molecule has 4 aliphatic carbocycles. The Kier molecular flexibility index (Phi) is 2.57. The average Bonchev–Trinajstić information content (AvgIpc) is 2.33. The zero-order chi connectivity index (χ0) is 14.9. The van der Waals surface area contributed by atoms with E-state index in [-0.39, 0.29) is 5.41 Å². The van der Waals surface area contributed by atoms with Crippen molar-refractivity contribution < 1.29 is 0 Å². The zero-order valence-corrected chi connectivity index (χ0v) is 13.6. The molecule has 4 fully saturated rings. The normalized spacial score (nSPS) is 44.2. The van der Waals surface area contributed by atoms with Gasteiger partial charge in [0.1, 0.15) is 11.6 Å². The van der Waals surface area contributed by atoms with Gasteiger partial charge in [-0.1, -0.05) is 20.8 Å². The highest BCUT2D eigenvalue weighted by molar-refractivity contribution is 5.33. The van der Waals surface area contributed by atoms with Gasteiger partial charge >= 0.3 is 0 Å². The number of rotatable bonds is 2. The lowest BCUT2D eigenvalue weighted by Gasteiger charge is -2.64. The van der Waals surface area contributed by atoms with Gasteiger partial charge in [0.2, 0.25) is 0 Å². The Morgan fingerprint density at radius 1 is 1.10 bits per heavy atom. The van der Waals surface area contributed by atoms with E-state index in [2.05, 4.69) is 20.8 Å². The molecule has 0 saturated heterocycles. The van der Waals surface area contributed by atoms with Gasteiger partial charge in [-0.05, 0) is 61.7 Å². The Balaban J connectivity index is 1.82. The van der Waals surface area contributed by atoms with Crippen molar-refractivity contribution in [2.24, 2.45) is 16.7 Å². The fourth-order valence-electron chi connectivity index (χ4n) is 6.63. The van der Waals surface area contributed by atoms with Gasteiger partial charge in [-0.2, -0.15) is 0 Å². The molecule has 21 heavy (non-hydrogen) atoms. The van der Waals surface area contributed by atoms with E-state index >= 15 is 0 Å². The van der Waals surface area contributed by atoms with E-state index in [4.69, 9.17) is 15.7 Å². The van der Waals surface area contributed by atoms with Crippen molar-refractivity contribution in [1.29, 1.82) is 0 Å². The van der Waals surface area contributed by atoms with Gasteiger partial charge in [-0.15, -0.1) is 0 Å². The molecule has 4 bridgehead atoms. The maximum atomic E-state index is 6.07. The van der Waals surface area contributed by atoms with E-state index in [9.17, 15) is 0 Å². The van der Waals surface area contributed by atoms with Crippen LogP contribution in [0.25, 0.3) is 0 Å². The average molecular weight is 285 g/mol. The lowest BCUT2D eigenvalue weighted by Crippen LogP contribution is -2.57. The van der Waals surface area contributed by atoms with Crippen LogP contribution >= 0.6 is 0 Å². The van der Waals surface area contributed by atoms with E-state index in [1.165, 1.54) is 38.5 Å². The molecule has 3 nitrogen and oxygen atoms in total. The van der Waals surface area contributed by atoms with Crippen LogP contribution in [0.5, 0.6) is 0 Å². The molecule has 1 aromatic rings. The molecule has 2 N–H and O–H groups in total. The minimum absolute atomic E-state index is 0.197. The minimum atomic E-state index is 0.197.